The van der Waals surface area contributed by atoms with Crippen molar-refractivity contribution in [1.82, 2.24) is 10.6 Å². The van der Waals surface area contributed by atoms with Gasteiger partial charge in [0.15, 0.2) is 5.96 Å². The highest BCUT2D eigenvalue weighted by molar-refractivity contribution is 5.79. The Kier molecular flexibility index (Phi) is 8.13. The fourth-order valence-electron chi connectivity index (χ4n) is 2.55. The first-order valence-electron chi connectivity index (χ1n) is 8.70. The molecule has 0 aromatic heterocycles. The van der Waals surface area contributed by atoms with E-state index in [0.29, 0.717) is 24.6 Å². The second-order valence-electron chi connectivity index (χ2n) is 6.02. The highest BCUT2D eigenvalue weighted by Gasteiger charge is 2.27. The van der Waals surface area contributed by atoms with Crippen molar-refractivity contribution in [3.63, 3.8) is 0 Å². The number of nitrogens with zero attached hydrogens (tertiary/aromatic N) is 1. The van der Waals surface area contributed by atoms with Gasteiger partial charge in [-0.15, -0.1) is 0 Å². The Balaban J connectivity index is 1.85. The van der Waals surface area contributed by atoms with Crippen molar-refractivity contribution in [3.05, 3.63) is 65.2 Å². The summed E-state index contributed by atoms with van der Waals surface area (Å²) in [6, 6.07) is 14.9. The molecule has 152 valence electrons. The summed E-state index contributed by atoms with van der Waals surface area (Å²) >= 11 is 0. The van der Waals surface area contributed by atoms with Crippen LogP contribution in [0.15, 0.2) is 53.5 Å². The fourth-order valence-corrected chi connectivity index (χ4v) is 2.55. The Morgan fingerprint density at radius 3 is 2.43 bits per heavy atom. The monoisotopic (exact) mass is 395 g/mol. The van der Waals surface area contributed by atoms with E-state index in [-0.39, 0.29) is 6.61 Å². The molecule has 0 aliphatic carbocycles. The molecular weight excluding hydrogens is 371 g/mol. The van der Waals surface area contributed by atoms with Crippen molar-refractivity contribution < 1.29 is 22.6 Å². The molecule has 0 atom stereocenters. The van der Waals surface area contributed by atoms with Crippen LogP contribution in [0.25, 0.3) is 0 Å². The molecule has 0 radical (unpaired) electrons. The Morgan fingerprint density at radius 1 is 1.00 bits per heavy atom. The van der Waals surface area contributed by atoms with Gasteiger partial charge in [0.25, 0.3) is 0 Å². The van der Waals surface area contributed by atoms with E-state index in [1.165, 1.54) is 0 Å². The maximum Gasteiger partial charge on any atom is 0.411 e. The molecule has 2 aromatic carbocycles. The first-order valence-corrected chi connectivity index (χ1v) is 8.70. The molecule has 8 heteroatoms. The SMILES string of the molecule is CN=C(NCc1cccc(COCC(F)(F)F)c1)NCc1ccccc1OC. The van der Waals surface area contributed by atoms with Gasteiger partial charge in [0.05, 0.1) is 13.7 Å². The minimum absolute atomic E-state index is 0.0892. The molecule has 0 aliphatic heterocycles. The predicted molar refractivity (Wildman–Crippen MR) is 102 cm³/mol. The molecule has 0 amide bonds. The Bertz CT molecular complexity index is 779. The third-order valence-corrected chi connectivity index (χ3v) is 3.85. The highest BCUT2D eigenvalue weighted by atomic mass is 19.4. The van der Waals surface area contributed by atoms with Crippen LogP contribution in [0.2, 0.25) is 0 Å². The lowest BCUT2D eigenvalue weighted by Gasteiger charge is -2.14. The van der Waals surface area contributed by atoms with Crippen molar-refractivity contribution in [3.8, 4) is 5.75 Å². The number of hydrogen-bond acceptors (Lipinski definition) is 3. The molecule has 0 saturated carbocycles. The molecule has 0 heterocycles. The largest absolute Gasteiger partial charge is 0.496 e. The first kappa shape index (κ1) is 21.6. The number of para-hydroxylation sites is 1. The maximum atomic E-state index is 12.2. The van der Waals surface area contributed by atoms with Crippen molar-refractivity contribution >= 4 is 5.96 Å². The van der Waals surface area contributed by atoms with Crippen LogP contribution in [0.3, 0.4) is 0 Å². The number of nitrogens with one attached hydrogen (secondary N) is 2. The van der Waals surface area contributed by atoms with E-state index in [9.17, 15) is 13.2 Å². The number of halogens is 3. The van der Waals surface area contributed by atoms with E-state index in [0.717, 1.165) is 16.9 Å². The molecule has 0 spiro atoms. The molecule has 0 saturated heterocycles. The quantitative estimate of drug-likeness (QED) is 0.529. The number of hydrogen-bond donors (Lipinski definition) is 2. The van der Waals surface area contributed by atoms with Gasteiger partial charge in [-0.05, 0) is 17.2 Å². The van der Waals surface area contributed by atoms with Crippen LogP contribution >= 0.6 is 0 Å². The molecule has 0 aliphatic rings. The average molecular weight is 395 g/mol. The summed E-state index contributed by atoms with van der Waals surface area (Å²) in [7, 11) is 3.29. The van der Waals surface area contributed by atoms with E-state index in [1.807, 2.05) is 30.3 Å². The van der Waals surface area contributed by atoms with Crippen LogP contribution < -0.4 is 15.4 Å². The summed E-state index contributed by atoms with van der Waals surface area (Å²) in [5.41, 5.74) is 2.59. The summed E-state index contributed by atoms with van der Waals surface area (Å²) in [5, 5.41) is 6.38. The van der Waals surface area contributed by atoms with Gasteiger partial charge in [0.2, 0.25) is 0 Å². The number of rotatable bonds is 8. The molecular formula is C20H24F3N3O2. The van der Waals surface area contributed by atoms with Gasteiger partial charge in [0, 0.05) is 25.7 Å². The van der Waals surface area contributed by atoms with Crippen LogP contribution in [-0.2, 0) is 24.4 Å². The summed E-state index contributed by atoms with van der Waals surface area (Å²) in [6.07, 6.45) is -4.32. The number of methoxy groups -OCH3 is 1. The Labute approximate surface area is 162 Å². The van der Waals surface area contributed by atoms with Crippen molar-refractivity contribution in [2.45, 2.75) is 25.9 Å². The van der Waals surface area contributed by atoms with Crippen molar-refractivity contribution in [2.75, 3.05) is 20.8 Å². The first-order chi connectivity index (χ1) is 13.4. The second-order valence-corrected chi connectivity index (χ2v) is 6.02. The Morgan fingerprint density at radius 2 is 1.71 bits per heavy atom. The molecule has 0 unspecified atom stereocenters. The van der Waals surface area contributed by atoms with E-state index < -0.39 is 12.8 Å². The smallest absolute Gasteiger partial charge is 0.411 e. The summed E-state index contributed by atoms with van der Waals surface area (Å²) in [6.45, 7) is -0.336. The van der Waals surface area contributed by atoms with Crippen LogP contribution in [0, 0.1) is 0 Å². The Hall–Kier alpha value is -2.74. The van der Waals surface area contributed by atoms with Crippen LogP contribution in [-0.4, -0.2) is 32.9 Å². The lowest BCUT2D eigenvalue weighted by Crippen LogP contribution is -2.36. The average Bonchev–Trinajstić information content (AvgIpc) is 2.67. The second kappa shape index (κ2) is 10.6. The fraction of sp³-hybridized carbons (Fsp3) is 0.350. The van der Waals surface area contributed by atoms with Gasteiger partial charge >= 0.3 is 6.18 Å². The van der Waals surface area contributed by atoms with E-state index >= 15 is 0 Å². The van der Waals surface area contributed by atoms with E-state index in [2.05, 4.69) is 15.6 Å². The van der Waals surface area contributed by atoms with Crippen molar-refractivity contribution in [1.29, 1.82) is 0 Å². The molecule has 2 aromatic rings. The zero-order valence-corrected chi connectivity index (χ0v) is 15.8. The minimum atomic E-state index is -4.32. The van der Waals surface area contributed by atoms with Gasteiger partial charge < -0.3 is 20.1 Å². The molecule has 28 heavy (non-hydrogen) atoms. The molecule has 0 fully saturated rings. The van der Waals surface area contributed by atoms with Gasteiger partial charge in [-0.1, -0.05) is 42.5 Å². The van der Waals surface area contributed by atoms with E-state index in [4.69, 9.17) is 9.47 Å². The van der Waals surface area contributed by atoms with Gasteiger partial charge in [-0.3, -0.25) is 4.99 Å². The minimum Gasteiger partial charge on any atom is -0.496 e. The van der Waals surface area contributed by atoms with Crippen LogP contribution in [0.1, 0.15) is 16.7 Å². The lowest BCUT2D eigenvalue weighted by atomic mass is 10.1. The number of ether oxygens (including phenoxy) is 2. The third kappa shape index (κ3) is 7.48. The summed E-state index contributed by atoms with van der Waals surface area (Å²) in [5.74, 6) is 1.39. The summed E-state index contributed by atoms with van der Waals surface area (Å²) < 4.78 is 46.5. The van der Waals surface area contributed by atoms with Crippen LogP contribution in [0.4, 0.5) is 13.2 Å². The summed E-state index contributed by atoms with van der Waals surface area (Å²) in [4.78, 5) is 4.18. The standard InChI is InChI=1S/C20H24F3N3O2/c1-24-19(26-12-17-8-3-4-9-18(17)27-2)25-11-15-6-5-7-16(10-15)13-28-14-20(21,22)23/h3-10H,11-14H2,1-2H3,(H2,24,25,26). The molecule has 5 nitrogen and oxygen atoms in total. The zero-order valence-electron chi connectivity index (χ0n) is 15.8. The van der Waals surface area contributed by atoms with Gasteiger partial charge in [-0.25, -0.2) is 0 Å². The predicted octanol–water partition coefficient (Wildman–Crippen LogP) is 3.64. The van der Waals surface area contributed by atoms with Gasteiger partial charge in [-0.2, -0.15) is 13.2 Å². The molecule has 2 rings (SSSR count). The number of aliphatic imine (C=N–C) groups is 1. The number of alkyl halides is 3. The normalized spacial score (nSPS) is 12.0. The lowest BCUT2D eigenvalue weighted by molar-refractivity contribution is -0.176. The highest BCUT2D eigenvalue weighted by Crippen LogP contribution is 2.17. The van der Waals surface area contributed by atoms with Gasteiger partial charge in [0.1, 0.15) is 12.4 Å². The maximum absolute atomic E-state index is 12.2. The van der Waals surface area contributed by atoms with E-state index in [1.54, 1.807) is 32.4 Å². The zero-order chi connectivity index (χ0) is 20.4. The third-order valence-electron chi connectivity index (χ3n) is 3.85. The van der Waals surface area contributed by atoms with Crippen LogP contribution in [0.5, 0.6) is 5.75 Å². The molecule has 0 bridgehead atoms. The van der Waals surface area contributed by atoms with Crippen molar-refractivity contribution in [2.24, 2.45) is 4.99 Å². The molecule has 2 N–H and O–H groups in total. The number of benzene rings is 2. The topological polar surface area (TPSA) is 54.9 Å². The number of guanidine groups is 1.